The normalized spacial score (nSPS) is 11.2. The van der Waals surface area contributed by atoms with Gasteiger partial charge in [0, 0.05) is 35.8 Å². The first-order valence-corrected chi connectivity index (χ1v) is 7.40. The van der Waals surface area contributed by atoms with Crippen LogP contribution in [0, 0.1) is 0 Å². The van der Waals surface area contributed by atoms with Crippen LogP contribution in [0.3, 0.4) is 0 Å². The van der Waals surface area contributed by atoms with E-state index in [-0.39, 0.29) is 0 Å². The minimum atomic E-state index is 0.798. The molecule has 1 N–H and O–H groups in total. The van der Waals surface area contributed by atoms with E-state index in [4.69, 9.17) is 4.42 Å². The maximum Gasteiger partial charge on any atom is 0.134 e. The van der Waals surface area contributed by atoms with Crippen LogP contribution in [0.5, 0.6) is 0 Å². The van der Waals surface area contributed by atoms with Gasteiger partial charge in [0.05, 0.1) is 11.2 Å². The number of nitrogens with zero attached hydrogens (tertiary/aromatic N) is 1. The first kappa shape index (κ1) is 12.4. The molecule has 0 fully saturated rings. The predicted molar refractivity (Wildman–Crippen MR) is 78.2 cm³/mol. The summed E-state index contributed by atoms with van der Waals surface area (Å²) < 4.78 is 5.88. The molecule has 1 aromatic carbocycles. The molecule has 0 amide bonds. The highest BCUT2D eigenvalue weighted by Crippen LogP contribution is 2.26. The van der Waals surface area contributed by atoms with Crippen molar-refractivity contribution in [2.45, 2.75) is 26.4 Å². The van der Waals surface area contributed by atoms with Gasteiger partial charge in [-0.05, 0) is 6.07 Å². The summed E-state index contributed by atoms with van der Waals surface area (Å²) in [5.74, 6) is 1.08. The van der Waals surface area contributed by atoms with Crippen LogP contribution >= 0.6 is 11.3 Å². The summed E-state index contributed by atoms with van der Waals surface area (Å²) in [6.07, 6.45) is 0.919. The molecule has 0 radical (unpaired) electrons. The van der Waals surface area contributed by atoms with Crippen molar-refractivity contribution in [3.8, 4) is 0 Å². The van der Waals surface area contributed by atoms with Gasteiger partial charge in [0.25, 0.3) is 0 Å². The van der Waals surface area contributed by atoms with Crippen LogP contribution < -0.4 is 5.32 Å². The molecule has 0 bridgehead atoms. The largest absolute Gasteiger partial charge is 0.461 e. The van der Waals surface area contributed by atoms with Gasteiger partial charge in [-0.2, -0.15) is 0 Å². The first-order valence-electron chi connectivity index (χ1n) is 6.45. The lowest BCUT2D eigenvalue weighted by molar-refractivity contribution is 0.543. The van der Waals surface area contributed by atoms with E-state index in [9.17, 15) is 0 Å². The van der Waals surface area contributed by atoms with Crippen molar-refractivity contribution in [3.05, 3.63) is 52.2 Å². The van der Waals surface area contributed by atoms with Gasteiger partial charge in [-0.25, -0.2) is 4.98 Å². The third kappa shape index (κ3) is 2.55. The molecule has 0 saturated heterocycles. The molecule has 0 aliphatic rings. The maximum atomic E-state index is 5.88. The van der Waals surface area contributed by atoms with Crippen molar-refractivity contribution in [2.75, 3.05) is 0 Å². The summed E-state index contributed by atoms with van der Waals surface area (Å²) in [7, 11) is 0. The van der Waals surface area contributed by atoms with E-state index in [0.29, 0.717) is 0 Å². The number of thiazole rings is 1. The van der Waals surface area contributed by atoms with Gasteiger partial charge >= 0.3 is 0 Å². The molecule has 2 heterocycles. The molecular formula is C15H16N2OS. The zero-order valence-electron chi connectivity index (χ0n) is 10.8. The van der Waals surface area contributed by atoms with Gasteiger partial charge in [0.1, 0.15) is 11.3 Å². The lowest BCUT2D eigenvalue weighted by atomic mass is 10.1. The van der Waals surface area contributed by atoms with E-state index in [1.807, 2.05) is 17.6 Å². The van der Waals surface area contributed by atoms with E-state index in [0.717, 1.165) is 36.5 Å². The minimum Gasteiger partial charge on any atom is -0.461 e. The fourth-order valence-corrected chi connectivity index (χ4v) is 2.83. The van der Waals surface area contributed by atoms with Crippen LogP contribution in [-0.2, 0) is 19.5 Å². The minimum absolute atomic E-state index is 0.798. The van der Waals surface area contributed by atoms with Crippen LogP contribution in [0.25, 0.3) is 11.0 Å². The van der Waals surface area contributed by atoms with Crippen molar-refractivity contribution < 1.29 is 4.42 Å². The second kappa shape index (κ2) is 5.55. The zero-order chi connectivity index (χ0) is 13.1. The third-order valence-electron chi connectivity index (χ3n) is 3.19. The van der Waals surface area contributed by atoms with Gasteiger partial charge in [0.15, 0.2) is 0 Å². The highest BCUT2D eigenvalue weighted by atomic mass is 32.1. The zero-order valence-corrected chi connectivity index (χ0v) is 11.7. The maximum absolute atomic E-state index is 5.88. The van der Waals surface area contributed by atoms with Crippen LogP contribution in [0.1, 0.15) is 23.9 Å². The predicted octanol–water partition coefficient (Wildman–Crippen LogP) is 3.74. The number of hydrogen-bond acceptors (Lipinski definition) is 4. The molecule has 19 heavy (non-hydrogen) atoms. The van der Waals surface area contributed by atoms with Gasteiger partial charge in [-0.3, -0.25) is 0 Å². The van der Waals surface area contributed by atoms with Crippen LogP contribution in [0.4, 0.5) is 0 Å². The molecule has 0 aliphatic heterocycles. The monoisotopic (exact) mass is 272 g/mol. The summed E-state index contributed by atoms with van der Waals surface area (Å²) in [5.41, 5.74) is 5.20. The summed E-state index contributed by atoms with van der Waals surface area (Å²) >= 11 is 1.63. The number of benzene rings is 1. The van der Waals surface area contributed by atoms with Gasteiger partial charge in [0.2, 0.25) is 0 Å². The highest BCUT2D eigenvalue weighted by Gasteiger charge is 2.11. The Hall–Kier alpha value is -1.65. The van der Waals surface area contributed by atoms with Crippen molar-refractivity contribution >= 4 is 22.3 Å². The quantitative estimate of drug-likeness (QED) is 0.769. The number of nitrogens with one attached hydrogen (secondary N) is 1. The standard InChI is InChI=1S/C15H16N2OS/c1-2-14-13(8-16-7-11-9-19-10-17-11)12-5-3-4-6-15(12)18-14/h3-6,9-10,16H,2,7-8H2,1H3. The van der Waals surface area contributed by atoms with Gasteiger partial charge in [-0.1, -0.05) is 25.1 Å². The summed E-state index contributed by atoms with van der Waals surface area (Å²) in [5, 5.41) is 6.72. The fraction of sp³-hybridized carbons (Fsp3) is 0.267. The summed E-state index contributed by atoms with van der Waals surface area (Å²) in [6, 6.07) is 8.22. The highest BCUT2D eigenvalue weighted by molar-refractivity contribution is 7.07. The summed E-state index contributed by atoms with van der Waals surface area (Å²) in [4.78, 5) is 4.27. The number of hydrogen-bond donors (Lipinski definition) is 1. The van der Waals surface area contributed by atoms with Crippen LogP contribution in [-0.4, -0.2) is 4.98 Å². The fourth-order valence-electron chi connectivity index (χ4n) is 2.27. The average molecular weight is 272 g/mol. The average Bonchev–Trinajstić information content (AvgIpc) is 3.06. The Morgan fingerprint density at radius 3 is 2.95 bits per heavy atom. The summed E-state index contributed by atoms with van der Waals surface area (Å²) in [6.45, 7) is 3.74. The Morgan fingerprint density at radius 2 is 2.16 bits per heavy atom. The lowest BCUT2D eigenvalue weighted by Gasteiger charge is -2.03. The second-order valence-corrected chi connectivity index (χ2v) is 5.16. The van der Waals surface area contributed by atoms with E-state index in [2.05, 4.69) is 34.7 Å². The van der Waals surface area contributed by atoms with E-state index >= 15 is 0 Å². The number of aromatic nitrogens is 1. The molecule has 3 rings (SSSR count). The third-order valence-corrected chi connectivity index (χ3v) is 3.83. The number of aryl methyl sites for hydroxylation is 1. The SMILES string of the molecule is CCc1oc2ccccc2c1CNCc1cscn1. The van der Waals surface area contributed by atoms with E-state index < -0.39 is 0 Å². The molecule has 3 aromatic rings. The number of rotatable bonds is 5. The van der Waals surface area contributed by atoms with Crippen LogP contribution in [0.2, 0.25) is 0 Å². The Labute approximate surface area is 116 Å². The molecule has 2 aromatic heterocycles. The smallest absolute Gasteiger partial charge is 0.134 e. The Bertz CT molecular complexity index is 658. The molecule has 4 heteroatoms. The van der Waals surface area contributed by atoms with Gasteiger partial charge < -0.3 is 9.73 Å². The second-order valence-electron chi connectivity index (χ2n) is 4.44. The van der Waals surface area contributed by atoms with Crippen molar-refractivity contribution in [1.29, 1.82) is 0 Å². The molecule has 0 unspecified atom stereocenters. The van der Waals surface area contributed by atoms with Crippen LogP contribution in [0.15, 0.2) is 39.6 Å². The molecule has 0 saturated carbocycles. The molecule has 0 aliphatic carbocycles. The Kier molecular flexibility index (Phi) is 3.62. The van der Waals surface area contributed by atoms with Crippen molar-refractivity contribution in [3.63, 3.8) is 0 Å². The molecule has 0 spiro atoms. The number of fused-ring (bicyclic) bond motifs is 1. The van der Waals surface area contributed by atoms with E-state index in [1.165, 1.54) is 10.9 Å². The molecule has 3 nitrogen and oxygen atoms in total. The molecular weight excluding hydrogens is 256 g/mol. The molecule has 98 valence electrons. The van der Waals surface area contributed by atoms with Gasteiger partial charge in [-0.15, -0.1) is 11.3 Å². The van der Waals surface area contributed by atoms with Crippen molar-refractivity contribution in [1.82, 2.24) is 10.3 Å². The Balaban J connectivity index is 1.79. The Morgan fingerprint density at radius 1 is 1.26 bits per heavy atom. The van der Waals surface area contributed by atoms with E-state index in [1.54, 1.807) is 11.3 Å². The van der Waals surface area contributed by atoms with Crippen molar-refractivity contribution in [2.24, 2.45) is 0 Å². The molecule has 0 atom stereocenters. The lowest BCUT2D eigenvalue weighted by Crippen LogP contribution is -2.13. The first-order chi connectivity index (χ1) is 9.38. The number of para-hydroxylation sites is 1. The number of furan rings is 1. The topological polar surface area (TPSA) is 38.1 Å².